The van der Waals surface area contributed by atoms with Crippen molar-refractivity contribution in [3.8, 4) is 0 Å². The molecule has 136 valence electrons. The molecule has 0 radical (unpaired) electrons. The third-order valence-corrected chi connectivity index (χ3v) is 6.12. The van der Waals surface area contributed by atoms with E-state index in [2.05, 4.69) is 29.2 Å². The number of rotatable bonds is 5. The largest absolute Gasteiger partial charge is 0.392 e. The van der Waals surface area contributed by atoms with Crippen LogP contribution in [0.1, 0.15) is 42.4 Å². The number of benzene rings is 2. The van der Waals surface area contributed by atoms with Crippen molar-refractivity contribution in [3.63, 3.8) is 0 Å². The summed E-state index contributed by atoms with van der Waals surface area (Å²) in [5.74, 6) is 0.986. The molecule has 2 aromatic carbocycles. The molecule has 3 nitrogen and oxygen atoms in total. The van der Waals surface area contributed by atoms with E-state index in [1.807, 2.05) is 30.3 Å². The summed E-state index contributed by atoms with van der Waals surface area (Å²) in [5, 5.41) is 9.15. The second kappa shape index (κ2) is 7.24. The van der Waals surface area contributed by atoms with Crippen molar-refractivity contribution < 1.29 is 9.90 Å². The average Bonchev–Trinajstić information content (AvgIpc) is 3.51. The highest BCUT2D eigenvalue weighted by Crippen LogP contribution is 2.49. The van der Waals surface area contributed by atoms with Crippen molar-refractivity contribution in [1.29, 1.82) is 0 Å². The first-order valence-electron chi connectivity index (χ1n) is 9.75. The Morgan fingerprint density at radius 3 is 2.15 bits per heavy atom. The Labute approximate surface area is 155 Å². The van der Waals surface area contributed by atoms with Gasteiger partial charge in [0.25, 0.3) is 0 Å². The van der Waals surface area contributed by atoms with Crippen molar-refractivity contribution in [2.24, 2.45) is 5.92 Å². The van der Waals surface area contributed by atoms with Gasteiger partial charge in [0.15, 0.2) is 0 Å². The number of nitrogens with zero attached hydrogens (tertiary/aromatic N) is 1. The highest BCUT2D eigenvalue weighted by molar-refractivity contribution is 5.91. The molecular formula is C23H27NO2. The lowest BCUT2D eigenvalue weighted by atomic mass is 9.88. The fourth-order valence-electron chi connectivity index (χ4n) is 4.27. The van der Waals surface area contributed by atoms with Gasteiger partial charge in [0, 0.05) is 13.1 Å². The summed E-state index contributed by atoms with van der Waals surface area (Å²) in [6.45, 7) is 1.86. The molecule has 0 unspecified atom stereocenters. The van der Waals surface area contributed by atoms with E-state index in [1.54, 1.807) is 0 Å². The van der Waals surface area contributed by atoms with Crippen molar-refractivity contribution >= 4 is 5.91 Å². The molecule has 2 aromatic rings. The Morgan fingerprint density at radius 2 is 1.58 bits per heavy atom. The number of aliphatic hydroxyl groups is 1. The van der Waals surface area contributed by atoms with E-state index in [0.717, 1.165) is 50.8 Å². The highest BCUT2D eigenvalue weighted by atomic mass is 16.3. The molecule has 1 amide bonds. The van der Waals surface area contributed by atoms with Crippen LogP contribution in [0.15, 0.2) is 54.6 Å². The lowest BCUT2D eigenvalue weighted by Gasteiger charge is -2.34. The van der Waals surface area contributed by atoms with Gasteiger partial charge in [-0.25, -0.2) is 0 Å². The zero-order valence-corrected chi connectivity index (χ0v) is 15.2. The van der Waals surface area contributed by atoms with Gasteiger partial charge in [-0.15, -0.1) is 0 Å². The fourth-order valence-corrected chi connectivity index (χ4v) is 4.27. The summed E-state index contributed by atoms with van der Waals surface area (Å²) >= 11 is 0. The predicted molar refractivity (Wildman–Crippen MR) is 103 cm³/mol. The number of amides is 1. The van der Waals surface area contributed by atoms with Crippen LogP contribution >= 0.6 is 0 Å². The van der Waals surface area contributed by atoms with Crippen molar-refractivity contribution in [3.05, 3.63) is 71.3 Å². The van der Waals surface area contributed by atoms with Gasteiger partial charge >= 0.3 is 0 Å². The zero-order valence-electron chi connectivity index (χ0n) is 15.2. The fraction of sp³-hybridized carbons (Fsp3) is 0.435. The molecule has 1 heterocycles. The Kier molecular flexibility index (Phi) is 4.82. The standard InChI is InChI=1S/C23H27NO2/c25-17-20-8-6-18(7-9-20)16-19-10-14-24(15-11-19)22(26)23(12-13-23)21-4-2-1-3-5-21/h1-9,19,25H,10-17H2. The van der Waals surface area contributed by atoms with Gasteiger partial charge in [0.05, 0.1) is 12.0 Å². The van der Waals surface area contributed by atoms with Crippen molar-refractivity contribution in [1.82, 2.24) is 4.90 Å². The second-order valence-electron chi connectivity index (χ2n) is 7.86. The molecule has 3 heteroatoms. The first-order chi connectivity index (χ1) is 12.7. The van der Waals surface area contributed by atoms with Crippen LogP contribution in [0.25, 0.3) is 0 Å². The molecule has 0 bridgehead atoms. The first-order valence-corrected chi connectivity index (χ1v) is 9.75. The average molecular weight is 349 g/mol. The molecular weight excluding hydrogens is 322 g/mol. The number of likely N-dealkylation sites (tertiary alicyclic amines) is 1. The van der Waals surface area contributed by atoms with Gasteiger partial charge in [0.2, 0.25) is 5.91 Å². The Hall–Kier alpha value is -2.13. The van der Waals surface area contributed by atoms with Crippen molar-refractivity contribution in [2.75, 3.05) is 13.1 Å². The molecule has 1 saturated heterocycles. The normalized spacial score (nSPS) is 19.3. The summed E-state index contributed by atoms with van der Waals surface area (Å²) in [4.78, 5) is 15.2. The van der Waals surface area contributed by atoms with Crippen LogP contribution in [0.2, 0.25) is 0 Å². The third-order valence-electron chi connectivity index (χ3n) is 6.12. The molecule has 1 N–H and O–H groups in total. The summed E-state index contributed by atoms with van der Waals surface area (Å²) in [6.07, 6.45) is 5.22. The molecule has 1 saturated carbocycles. The number of piperidine rings is 1. The number of hydrogen-bond acceptors (Lipinski definition) is 2. The summed E-state index contributed by atoms with van der Waals surface area (Å²) in [7, 11) is 0. The van der Waals surface area contributed by atoms with Crippen LogP contribution in [-0.2, 0) is 23.2 Å². The molecule has 26 heavy (non-hydrogen) atoms. The summed E-state index contributed by atoms with van der Waals surface area (Å²) < 4.78 is 0. The summed E-state index contributed by atoms with van der Waals surface area (Å²) in [5.41, 5.74) is 3.25. The van der Waals surface area contributed by atoms with Gasteiger partial charge in [0.1, 0.15) is 0 Å². The number of hydrogen-bond donors (Lipinski definition) is 1. The minimum Gasteiger partial charge on any atom is -0.392 e. The van der Waals surface area contributed by atoms with E-state index < -0.39 is 0 Å². The van der Waals surface area contributed by atoms with Gasteiger partial charge in [-0.1, -0.05) is 54.6 Å². The summed E-state index contributed by atoms with van der Waals surface area (Å²) in [6, 6.07) is 18.6. The van der Waals surface area contributed by atoms with Gasteiger partial charge in [-0.2, -0.15) is 0 Å². The highest BCUT2D eigenvalue weighted by Gasteiger charge is 2.53. The van der Waals surface area contributed by atoms with Crippen LogP contribution in [-0.4, -0.2) is 29.0 Å². The molecule has 1 aliphatic heterocycles. The molecule has 2 aliphatic rings. The Morgan fingerprint density at radius 1 is 0.962 bits per heavy atom. The third kappa shape index (κ3) is 3.41. The SMILES string of the molecule is O=C(N1CCC(Cc2ccc(CO)cc2)CC1)C1(c2ccccc2)CC1. The second-order valence-corrected chi connectivity index (χ2v) is 7.86. The van der Waals surface area contributed by atoms with Gasteiger partial charge in [-0.05, 0) is 54.7 Å². The first kappa shape index (κ1) is 17.3. The smallest absolute Gasteiger partial charge is 0.233 e. The van der Waals surface area contributed by atoms with E-state index in [1.165, 1.54) is 11.1 Å². The van der Waals surface area contributed by atoms with E-state index >= 15 is 0 Å². The van der Waals surface area contributed by atoms with E-state index in [4.69, 9.17) is 5.11 Å². The zero-order chi connectivity index (χ0) is 18.0. The van der Waals surface area contributed by atoms with E-state index in [-0.39, 0.29) is 12.0 Å². The topological polar surface area (TPSA) is 40.5 Å². The number of carbonyl (C=O) groups excluding carboxylic acids is 1. The van der Waals surface area contributed by atoms with Gasteiger partial charge < -0.3 is 10.0 Å². The van der Waals surface area contributed by atoms with Crippen LogP contribution in [0.5, 0.6) is 0 Å². The Bertz CT molecular complexity index is 742. The minimum absolute atomic E-state index is 0.101. The number of aliphatic hydroxyl groups excluding tert-OH is 1. The molecule has 1 aliphatic carbocycles. The minimum atomic E-state index is -0.228. The van der Waals surface area contributed by atoms with Gasteiger partial charge in [-0.3, -0.25) is 4.79 Å². The lowest BCUT2D eigenvalue weighted by Crippen LogP contribution is -2.44. The quantitative estimate of drug-likeness (QED) is 0.894. The van der Waals surface area contributed by atoms with Crippen LogP contribution in [0, 0.1) is 5.92 Å². The molecule has 0 spiro atoms. The number of carbonyl (C=O) groups is 1. The van der Waals surface area contributed by atoms with Crippen LogP contribution in [0.3, 0.4) is 0 Å². The maximum Gasteiger partial charge on any atom is 0.233 e. The predicted octanol–water partition coefficient (Wildman–Crippen LogP) is 3.69. The van der Waals surface area contributed by atoms with E-state index in [0.29, 0.717) is 11.8 Å². The lowest BCUT2D eigenvalue weighted by molar-refractivity contribution is -0.135. The molecule has 2 fully saturated rings. The molecule has 4 rings (SSSR count). The maximum atomic E-state index is 13.1. The molecule has 0 aromatic heterocycles. The van der Waals surface area contributed by atoms with Crippen LogP contribution < -0.4 is 0 Å². The molecule has 0 atom stereocenters. The van der Waals surface area contributed by atoms with Crippen LogP contribution in [0.4, 0.5) is 0 Å². The van der Waals surface area contributed by atoms with Crippen molar-refractivity contribution in [2.45, 2.75) is 44.1 Å². The monoisotopic (exact) mass is 349 g/mol. The van der Waals surface area contributed by atoms with E-state index in [9.17, 15) is 4.79 Å². The maximum absolute atomic E-state index is 13.1. The Balaban J connectivity index is 1.34.